The summed E-state index contributed by atoms with van der Waals surface area (Å²) in [5, 5.41) is 10.1. The maximum Gasteiger partial charge on any atom is 0.0702 e. The smallest absolute Gasteiger partial charge is 0.0702 e. The van der Waals surface area contributed by atoms with Gasteiger partial charge in [0.25, 0.3) is 0 Å². The third-order valence-electron chi connectivity index (χ3n) is 8.81. The van der Waals surface area contributed by atoms with Crippen molar-refractivity contribution < 1.29 is 0 Å². The lowest BCUT2D eigenvalue weighted by molar-refractivity contribution is 1.18. The summed E-state index contributed by atoms with van der Waals surface area (Å²) in [6.07, 6.45) is 1.98. The molecule has 2 aromatic heterocycles. The van der Waals surface area contributed by atoms with Crippen LogP contribution in [0.5, 0.6) is 0 Å². The van der Waals surface area contributed by atoms with Gasteiger partial charge >= 0.3 is 0 Å². The van der Waals surface area contributed by atoms with Gasteiger partial charge < -0.3 is 4.57 Å². The van der Waals surface area contributed by atoms with E-state index in [4.69, 9.17) is 4.98 Å². The van der Waals surface area contributed by atoms with Crippen LogP contribution in [0, 0.1) is 0 Å². The molecule has 0 saturated heterocycles. The number of hydrogen-bond donors (Lipinski definition) is 0. The molecule has 2 heteroatoms. The molecule has 0 atom stereocenters. The zero-order valence-corrected chi connectivity index (χ0v) is 23.4. The number of para-hydroxylation sites is 2. The average molecular weight is 547 g/mol. The minimum absolute atomic E-state index is 0.979. The average Bonchev–Trinajstić information content (AvgIpc) is 3.41. The number of fused-ring (bicyclic) bond motifs is 9. The van der Waals surface area contributed by atoms with Crippen LogP contribution in [0.15, 0.2) is 158 Å². The van der Waals surface area contributed by atoms with Gasteiger partial charge in [-0.1, -0.05) is 109 Å². The number of benzene rings is 7. The SMILES string of the molecule is c1ccc(-c2ccc(-c3ccc4c(c3)c3ccccc3c3cc5c(cc43)c3ccccc3n5-c3ccccc3)nc2)cc1. The van der Waals surface area contributed by atoms with E-state index in [0.717, 1.165) is 16.8 Å². The zero-order chi connectivity index (χ0) is 28.3. The van der Waals surface area contributed by atoms with E-state index in [-0.39, 0.29) is 0 Å². The Bertz CT molecular complexity index is 2470. The summed E-state index contributed by atoms with van der Waals surface area (Å²) in [6, 6.07) is 54.6. The van der Waals surface area contributed by atoms with Gasteiger partial charge in [-0.05, 0) is 80.3 Å². The first-order valence-corrected chi connectivity index (χ1v) is 14.7. The van der Waals surface area contributed by atoms with E-state index in [9.17, 15) is 0 Å². The highest BCUT2D eigenvalue weighted by molar-refractivity contribution is 6.29. The highest BCUT2D eigenvalue weighted by Gasteiger charge is 2.16. The fourth-order valence-corrected chi connectivity index (χ4v) is 6.80. The molecule has 0 aliphatic rings. The van der Waals surface area contributed by atoms with Gasteiger partial charge in [0.05, 0.1) is 16.7 Å². The Morgan fingerprint density at radius 2 is 0.953 bits per heavy atom. The molecule has 0 aliphatic carbocycles. The molecule has 2 heterocycles. The number of nitrogens with zero attached hydrogens (tertiary/aromatic N) is 2. The third-order valence-corrected chi connectivity index (χ3v) is 8.81. The Hall–Kier alpha value is -5.73. The minimum Gasteiger partial charge on any atom is -0.309 e. The molecule has 0 amide bonds. The lowest BCUT2D eigenvalue weighted by Crippen LogP contribution is -1.93. The fraction of sp³-hybridized carbons (Fsp3) is 0. The molecule has 0 unspecified atom stereocenters. The van der Waals surface area contributed by atoms with Crippen LogP contribution in [-0.4, -0.2) is 9.55 Å². The maximum absolute atomic E-state index is 4.88. The van der Waals surface area contributed by atoms with Crippen LogP contribution < -0.4 is 0 Å². The first kappa shape index (κ1) is 23.9. The molecule has 0 fully saturated rings. The predicted octanol–water partition coefficient (Wildman–Crippen LogP) is 11.0. The van der Waals surface area contributed by atoms with Crippen molar-refractivity contribution in [1.29, 1.82) is 0 Å². The summed E-state index contributed by atoms with van der Waals surface area (Å²) in [7, 11) is 0. The Morgan fingerprint density at radius 3 is 1.70 bits per heavy atom. The topological polar surface area (TPSA) is 17.8 Å². The lowest BCUT2D eigenvalue weighted by Gasteiger charge is -2.13. The Morgan fingerprint density at radius 1 is 0.349 bits per heavy atom. The van der Waals surface area contributed by atoms with Crippen molar-refractivity contribution >= 4 is 54.1 Å². The Kier molecular flexibility index (Phi) is 5.23. The molecule has 0 bridgehead atoms. The van der Waals surface area contributed by atoms with Gasteiger partial charge in [0.1, 0.15) is 0 Å². The van der Waals surface area contributed by atoms with E-state index >= 15 is 0 Å². The fourth-order valence-electron chi connectivity index (χ4n) is 6.80. The molecule has 9 rings (SSSR count). The monoisotopic (exact) mass is 546 g/mol. The molecule has 2 nitrogen and oxygen atoms in total. The summed E-state index contributed by atoms with van der Waals surface area (Å²) in [6.45, 7) is 0. The Balaban J connectivity index is 1.31. The maximum atomic E-state index is 4.88. The first-order chi connectivity index (χ1) is 21.3. The van der Waals surface area contributed by atoms with E-state index in [1.807, 2.05) is 12.3 Å². The van der Waals surface area contributed by atoms with Crippen LogP contribution in [0.4, 0.5) is 0 Å². The molecule has 43 heavy (non-hydrogen) atoms. The van der Waals surface area contributed by atoms with E-state index in [2.05, 4.69) is 150 Å². The molecule has 0 N–H and O–H groups in total. The Labute approximate surface area is 249 Å². The van der Waals surface area contributed by atoms with Crippen molar-refractivity contribution in [3.63, 3.8) is 0 Å². The summed E-state index contributed by atoms with van der Waals surface area (Å²) in [4.78, 5) is 4.88. The second-order valence-corrected chi connectivity index (χ2v) is 11.2. The summed E-state index contributed by atoms with van der Waals surface area (Å²) >= 11 is 0. The largest absolute Gasteiger partial charge is 0.309 e. The van der Waals surface area contributed by atoms with Crippen LogP contribution in [0.1, 0.15) is 0 Å². The standard InChI is InChI=1S/C41H26N2/c1-3-11-27(12-4-1)29-20-22-39(42-26-29)28-19-21-33-35(23-28)31-15-7-8-16-32(31)37-25-41-38(24-36(33)37)34-17-9-10-18-40(34)43(41)30-13-5-2-6-14-30/h1-26H. The van der Waals surface area contributed by atoms with Crippen LogP contribution in [0.3, 0.4) is 0 Å². The van der Waals surface area contributed by atoms with Crippen LogP contribution in [0.2, 0.25) is 0 Å². The molecule has 200 valence electrons. The van der Waals surface area contributed by atoms with Crippen LogP contribution in [0.25, 0.3) is 82.2 Å². The highest BCUT2D eigenvalue weighted by Crippen LogP contribution is 2.41. The molecule has 0 saturated carbocycles. The van der Waals surface area contributed by atoms with Crippen molar-refractivity contribution in [2.75, 3.05) is 0 Å². The van der Waals surface area contributed by atoms with Gasteiger partial charge in [0.15, 0.2) is 0 Å². The predicted molar refractivity (Wildman–Crippen MR) is 182 cm³/mol. The molecule has 0 aliphatic heterocycles. The summed E-state index contributed by atoms with van der Waals surface area (Å²) in [5.74, 6) is 0. The van der Waals surface area contributed by atoms with Gasteiger partial charge in [-0.25, -0.2) is 0 Å². The van der Waals surface area contributed by atoms with E-state index in [1.165, 1.54) is 65.4 Å². The van der Waals surface area contributed by atoms with Crippen molar-refractivity contribution in [1.82, 2.24) is 9.55 Å². The highest BCUT2D eigenvalue weighted by atomic mass is 15.0. The summed E-state index contributed by atoms with van der Waals surface area (Å²) in [5.41, 5.74) is 8.03. The second-order valence-electron chi connectivity index (χ2n) is 11.2. The molecule has 9 aromatic rings. The number of hydrogen-bond acceptors (Lipinski definition) is 1. The van der Waals surface area contributed by atoms with Gasteiger partial charge in [0, 0.05) is 33.8 Å². The van der Waals surface area contributed by atoms with Gasteiger partial charge in [-0.15, -0.1) is 0 Å². The van der Waals surface area contributed by atoms with Crippen molar-refractivity contribution in [3.05, 3.63) is 158 Å². The summed E-state index contributed by atoms with van der Waals surface area (Å²) < 4.78 is 2.40. The van der Waals surface area contributed by atoms with Gasteiger partial charge in [-0.3, -0.25) is 4.98 Å². The van der Waals surface area contributed by atoms with Crippen LogP contribution >= 0.6 is 0 Å². The molecule has 0 spiro atoms. The normalized spacial score (nSPS) is 11.7. The van der Waals surface area contributed by atoms with E-state index < -0.39 is 0 Å². The van der Waals surface area contributed by atoms with E-state index in [0.29, 0.717) is 0 Å². The third kappa shape index (κ3) is 3.70. The van der Waals surface area contributed by atoms with Crippen molar-refractivity contribution in [2.24, 2.45) is 0 Å². The molecular formula is C41H26N2. The zero-order valence-electron chi connectivity index (χ0n) is 23.4. The number of rotatable bonds is 3. The van der Waals surface area contributed by atoms with Gasteiger partial charge in [-0.2, -0.15) is 0 Å². The van der Waals surface area contributed by atoms with Crippen molar-refractivity contribution in [3.8, 4) is 28.1 Å². The molecule has 0 radical (unpaired) electrons. The molecular weight excluding hydrogens is 520 g/mol. The quantitative estimate of drug-likeness (QED) is 0.202. The lowest BCUT2D eigenvalue weighted by atomic mass is 9.91. The minimum atomic E-state index is 0.979. The second kappa shape index (κ2) is 9.40. The number of aromatic nitrogens is 2. The van der Waals surface area contributed by atoms with E-state index in [1.54, 1.807) is 0 Å². The van der Waals surface area contributed by atoms with Crippen molar-refractivity contribution in [2.45, 2.75) is 0 Å². The number of pyridine rings is 1. The van der Waals surface area contributed by atoms with Gasteiger partial charge in [0.2, 0.25) is 0 Å². The molecule has 7 aromatic carbocycles. The first-order valence-electron chi connectivity index (χ1n) is 14.7. The van der Waals surface area contributed by atoms with Crippen LogP contribution in [-0.2, 0) is 0 Å².